The number of para-hydroxylation sites is 1. The van der Waals surface area contributed by atoms with Crippen LogP contribution in [0, 0.1) is 0 Å². The van der Waals surface area contributed by atoms with Crippen molar-refractivity contribution in [1.29, 1.82) is 0 Å². The first-order valence-corrected chi connectivity index (χ1v) is 7.95. The normalized spacial score (nSPS) is 10.8. The second-order valence-corrected chi connectivity index (χ2v) is 5.66. The zero-order valence-corrected chi connectivity index (χ0v) is 13.6. The highest BCUT2D eigenvalue weighted by Crippen LogP contribution is 2.12. The van der Waals surface area contributed by atoms with Crippen LogP contribution in [0.25, 0.3) is 16.8 Å². The molecule has 1 amide bonds. The van der Waals surface area contributed by atoms with Crippen LogP contribution in [0.4, 0.5) is 0 Å². The molecule has 0 aliphatic carbocycles. The maximum Gasteiger partial charge on any atom is 0.349 e. The van der Waals surface area contributed by atoms with E-state index < -0.39 is 11.5 Å². The van der Waals surface area contributed by atoms with Crippen LogP contribution in [0.15, 0.2) is 76.6 Å². The molecule has 3 aromatic heterocycles. The maximum atomic E-state index is 12.3. The summed E-state index contributed by atoms with van der Waals surface area (Å²) in [6.07, 6.45) is 6.79. The fourth-order valence-corrected chi connectivity index (χ4v) is 2.57. The van der Waals surface area contributed by atoms with Crippen molar-refractivity contribution in [3.8, 4) is 5.82 Å². The van der Waals surface area contributed by atoms with Crippen molar-refractivity contribution in [2.75, 3.05) is 0 Å². The van der Waals surface area contributed by atoms with E-state index in [1.807, 2.05) is 18.2 Å². The Morgan fingerprint density at radius 3 is 2.85 bits per heavy atom. The van der Waals surface area contributed by atoms with Gasteiger partial charge in [-0.3, -0.25) is 9.36 Å². The Bertz CT molecular complexity index is 1120. The number of nitrogens with one attached hydrogen (secondary N) is 1. The van der Waals surface area contributed by atoms with Crippen LogP contribution in [-0.4, -0.2) is 20.4 Å². The van der Waals surface area contributed by atoms with E-state index in [1.165, 1.54) is 6.07 Å². The van der Waals surface area contributed by atoms with Crippen LogP contribution < -0.4 is 10.9 Å². The number of benzene rings is 1. The van der Waals surface area contributed by atoms with Gasteiger partial charge in [-0.25, -0.2) is 14.8 Å². The molecule has 0 saturated carbocycles. The minimum atomic E-state index is -0.658. The number of hydrogen-bond acceptors (Lipinski definition) is 5. The van der Waals surface area contributed by atoms with Crippen molar-refractivity contribution >= 4 is 16.9 Å². The van der Waals surface area contributed by atoms with Gasteiger partial charge in [0.2, 0.25) is 0 Å². The fraction of sp³-hybridized carbons (Fsp3) is 0.0526. The standard InChI is InChI=1S/C19H14N4O3/c24-18(15-9-14-3-1-2-4-16(14)26-19(15)25)22-11-13-5-6-17(21-10-13)23-8-7-20-12-23/h1-10,12H,11H2,(H,22,24). The number of rotatable bonds is 4. The summed E-state index contributed by atoms with van der Waals surface area (Å²) in [6.45, 7) is 0.252. The predicted molar refractivity (Wildman–Crippen MR) is 95.0 cm³/mol. The van der Waals surface area contributed by atoms with Crippen molar-refractivity contribution < 1.29 is 9.21 Å². The SMILES string of the molecule is O=C(NCc1ccc(-n2ccnc2)nc1)c1cc2ccccc2oc1=O. The Labute approximate surface area is 147 Å². The monoisotopic (exact) mass is 346 g/mol. The molecule has 1 aromatic carbocycles. The lowest BCUT2D eigenvalue weighted by molar-refractivity contribution is 0.0947. The van der Waals surface area contributed by atoms with Crippen molar-refractivity contribution in [3.05, 3.63) is 88.9 Å². The molecule has 4 aromatic rings. The molecule has 0 unspecified atom stereocenters. The van der Waals surface area contributed by atoms with E-state index >= 15 is 0 Å². The highest BCUT2D eigenvalue weighted by Gasteiger charge is 2.13. The van der Waals surface area contributed by atoms with E-state index in [0.717, 1.165) is 11.4 Å². The molecular formula is C19H14N4O3. The summed E-state index contributed by atoms with van der Waals surface area (Å²) in [5.41, 5.74) is 0.585. The Morgan fingerprint density at radius 2 is 2.08 bits per heavy atom. The van der Waals surface area contributed by atoms with Crippen LogP contribution in [-0.2, 0) is 6.54 Å². The van der Waals surface area contributed by atoms with Crippen LogP contribution in [0.5, 0.6) is 0 Å². The number of fused-ring (bicyclic) bond motifs is 1. The number of imidazole rings is 1. The maximum absolute atomic E-state index is 12.3. The summed E-state index contributed by atoms with van der Waals surface area (Å²) >= 11 is 0. The molecule has 0 aliphatic rings. The number of aromatic nitrogens is 3. The highest BCUT2D eigenvalue weighted by atomic mass is 16.4. The van der Waals surface area contributed by atoms with Gasteiger partial charge in [-0.2, -0.15) is 0 Å². The lowest BCUT2D eigenvalue weighted by Crippen LogP contribution is -2.27. The molecule has 0 bridgehead atoms. The van der Waals surface area contributed by atoms with E-state index in [4.69, 9.17) is 4.42 Å². The third kappa shape index (κ3) is 3.10. The van der Waals surface area contributed by atoms with Gasteiger partial charge in [0.05, 0.1) is 0 Å². The molecule has 0 aliphatic heterocycles. The van der Waals surface area contributed by atoms with Crippen LogP contribution in [0.2, 0.25) is 0 Å². The van der Waals surface area contributed by atoms with Crippen molar-refractivity contribution in [2.45, 2.75) is 6.54 Å². The van der Waals surface area contributed by atoms with E-state index in [1.54, 1.807) is 47.7 Å². The largest absolute Gasteiger partial charge is 0.422 e. The van der Waals surface area contributed by atoms with Gasteiger partial charge in [-0.15, -0.1) is 0 Å². The lowest BCUT2D eigenvalue weighted by Gasteiger charge is -2.06. The smallest absolute Gasteiger partial charge is 0.349 e. The van der Waals surface area contributed by atoms with Crippen LogP contribution >= 0.6 is 0 Å². The Hall–Kier alpha value is -3.74. The number of hydrogen-bond donors (Lipinski definition) is 1. The number of carbonyl (C=O) groups excluding carboxylic acids is 1. The number of amides is 1. The zero-order valence-electron chi connectivity index (χ0n) is 13.6. The van der Waals surface area contributed by atoms with Gasteiger partial charge in [-0.1, -0.05) is 24.3 Å². The minimum absolute atomic E-state index is 0.0216. The van der Waals surface area contributed by atoms with Crippen molar-refractivity contribution in [3.63, 3.8) is 0 Å². The highest BCUT2D eigenvalue weighted by molar-refractivity contribution is 5.96. The van der Waals surface area contributed by atoms with Gasteiger partial charge >= 0.3 is 5.63 Å². The number of nitrogens with zero attached hydrogens (tertiary/aromatic N) is 3. The van der Waals surface area contributed by atoms with Gasteiger partial charge in [0, 0.05) is 30.5 Å². The molecular weight excluding hydrogens is 332 g/mol. The summed E-state index contributed by atoms with van der Waals surface area (Å²) < 4.78 is 6.97. The predicted octanol–water partition coefficient (Wildman–Crippen LogP) is 2.30. The molecule has 0 radical (unpaired) electrons. The second-order valence-electron chi connectivity index (χ2n) is 5.66. The first-order valence-electron chi connectivity index (χ1n) is 7.95. The molecule has 26 heavy (non-hydrogen) atoms. The molecule has 4 rings (SSSR count). The van der Waals surface area contributed by atoms with E-state index in [2.05, 4.69) is 15.3 Å². The van der Waals surface area contributed by atoms with Crippen LogP contribution in [0.1, 0.15) is 15.9 Å². The average Bonchev–Trinajstić information content (AvgIpc) is 3.21. The second kappa shape index (κ2) is 6.64. The topological polar surface area (TPSA) is 90.0 Å². The molecule has 0 spiro atoms. The first-order chi connectivity index (χ1) is 12.7. The van der Waals surface area contributed by atoms with E-state index in [0.29, 0.717) is 11.0 Å². The minimum Gasteiger partial charge on any atom is -0.422 e. The molecule has 0 fully saturated rings. The van der Waals surface area contributed by atoms with Crippen LogP contribution in [0.3, 0.4) is 0 Å². The molecule has 7 nitrogen and oxygen atoms in total. The van der Waals surface area contributed by atoms with Gasteiger partial charge in [0.1, 0.15) is 23.3 Å². The third-order valence-corrected chi connectivity index (χ3v) is 3.92. The Kier molecular flexibility index (Phi) is 4.03. The quantitative estimate of drug-likeness (QED) is 0.573. The third-order valence-electron chi connectivity index (χ3n) is 3.92. The number of pyridine rings is 1. The van der Waals surface area contributed by atoms with Crippen molar-refractivity contribution in [1.82, 2.24) is 19.9 Å². The molecule has 0 atom stereocenters. The molecule has 128 valence electrons. The summed E-state index contributed by atoms with van der Waals surface area (Å²) in [5.74, 6) is 0.246. The lowest BCUT2D eigenvalue weighted by atomic mass is 10.1. The van der Waals surface area contributed by atoms with Gasteiger partial charge < -0.3 is 9.73 Å². The molecule has 0 saturated heterocycles. The van der Waals surface area contributed by atoms with Gasteiger partial charge in [0.15, 0.2) is 0 Å². The van der Waals surface area contributed by atoms with E-state index in [9.17, 15) is 9.59 Å². The molecule has 3 heterocycles. The van der Waals surface area contributed by atoms with Gasteiger partial charge in [-0.05, 0) is 23.8 Å². The molecule has 1 N–H and O–H groups in total. The average molecular weight is 346 g/mol. The van der Waals surface area contributed by atoms with Gasteiger partial charge in [0.25, 0.3) is 5.91 Å². The summed E-state index contributed by atoms with van der Waals surface area (Å²) in [7, 11) is 0. The fourth-order valence-electron chi connectivity index (χ4n) is 2.57. The Morgan fingerprint density at radius 1 is 1.19 bits per heavy atom. The summed E-state index contributed by atoms with van der Waals surface area (Å²) in [6, 6.07) is 12.3. The summed E-state index contributed by atoms with van der Waals surface area (Å²) in [5, 5.41) is 3.41. The first kappa shape index (κ1) is 15.8. The number of carbonyl (C=O) groups is 1. The Balaban J connectivity index is 1.49. The molecule has 7 heteroatoms. The van der Waals surface area contributed by atoms with Crippen molar-refractivity contribution in [2.24, 2.45) is 0 Å². The van der Waals surface area contributed by atoms with E-state index in [-0.39, 0.29) is 12.1 Å². The zero-order chi connectivity index (χ0) is 17.9. The summed E-state index contributed by atoms with van der Waals surface area (Å²) in [4.78, 5) is 32.6.